The Morgan fingerprint density at radius 2 is 1.89 bits per heavy atom. The molecule has 0 unspecified atom stereocenters. The molecule has 0 aliphatic heterocycles. The van der Waals surface area contributed by atoms with Crippen LogP contribution in [0, 0.1) is 0 Å². The minimum atomic E-state index is -4.45. The number of nitrogens with zero attached hydrogens (tertiary/aromatic N) is 2. The van der Waals surface area contributed by atoms with Crippen molar-refractivity contribution < 1.29 is 13.2 Å². The summed E-state index contributed by atoms with van der Waals surface area (Å²) in [7, 11) is 0. The third-order valence-electron chi connectivity index (χ3n) is 2.34. The van der Waals surface area contributed by atoms with Crippen molar-refractivity contribution in [3.8, 4) is 0 Å². The lowest BCUT2D eigenvalue weighted by atomic mass is 10.2. The number of pyridine rings is 2. The van der Waals surface area contributed by atoms with E-state index in [1.807, 2.05) is 13.8 Å². The van der Waals surface area contributed by atoms with E-state index in [1.165, 1.54) is 12.3 Å². The first kappa shape index (κ1) is 12.6. The lowest BCUT2D eigenvalue weighted by Crippen LogP contribution is -2.11. The molecule has 0 atom stereocenters. The van der Waals surface area contributed by atoms with E-state index in [2.05, 4.69) is 15.3 Å². The van der Waals surface area contributed by atoms with Gasteiger partial charge < -0.3 is 5.32 Å². The highest BCUT2D eigenvalue weighted by Crippen LogP contribution is 2.30. The molecule has 0 amide bonds. The summed E-state index contributed by atoms with van der Waals surface area (Å²) >= 11 is 0. The SMILES string of the molecule is CC(C)Nc1ccnc2nc(C(F)(F)F)ccc12. The third kappa shape index (κ3) is 2.52. The van der Waals surface area contributed by atoms with Crippen molar-refractivity contribution in [3.63, 3.8) is 0 Å². The second-order valence-corrected chi connectivity index (χ2v) is 4.22. The van der Waals surface area contributed by atoms with Crippen LogP contribution in [0.4, 0.5) is 18.9 Å². The monoisotopic (exact) mass is 255 g/mol. The molecule has 0 saturated carbocycles. The van der Waals surface area contributed by atoms with Crippen molar-refractivity contribution in [2.75, 3.05) is 5.32 Å². The van der Waals surface area contributed by atoms with Crippen LogP contribution in [0.25, 0.3) is 11.0 Å². The van der Waals surface area contributed by atoms with Gasteiger partial charge in [0.25, 0.3) is 0 Å². The van der Waals surface area contributed by atoms with Gasteiger partial charge in [0, 0.05) is 23.3 Å². The molecular weight excluding hydrogens is 243 g/mol. The predicted molar refractivity (Wildman–Crippen MR) is 63.3 cm³/mol. The summed E-state index contributed by atoms with van der Waals surface area (Å²) in [5, 5.41) is 3.73. The highest BCUT2D eigenvalue weighted by molar-refractivity contribution is 5.88. The maximum absolute atomic E-state index is 12.5. The Hall–Kier alpha value is -1.85. The maximum atomic E-state index is 12.5. The Labute approximate surface area is 102 Å². The average molecular weight is 255 g/mol. The van der Waals surface area contributed by atoms with Crippen LogP contribution in [0.1, 0.15) is 19.5 Å². The summed E-state index contributed by atoms with van der Waals surface area (Å²) in [6.07, 6.45) is -3.00. The first-order chi connectivity index (χ1) is 8.38. The third-order valence-corrected chi connectivity index (χ3v) is 2.34. The molecule has 0 fully saturated rings. The van der Waals surface area contributed by atoms with Crippen LogP contribution < -0.4 is 5.32 Å². The number of anilines is 1. The zero-order valence-electron chi connectivity index (χ0n) is 9.92. The van der Waals surface area contributed by atoms with Gasteiger partial charge in [-0.3, -0.25) is 0 Å². The molecule has 0 aliphatic carbocycles. The molecule has 0 radical (unpaired) electrons. The van der Waals surface area contributed by atoms with Crippen molar-refractivity contribution in [1.82, 2.24) is 9.97 Å². The van der Waals surface area contributed by atoms with Gasteiger partial charge in [-0.2, -0.15) is 13.2 Å². The second-order valence-electron chi connectivity index (χ2n) is 4.22. The molecule has 2 aromatic heterocycles. The summed E-state index contributed by atoms with van der Waals surface area (Å²) in [5.41, 5.74) is -0.101. The molecule has 2 rings (SSSR count). The van der Waals surface area contributed by atoms with E-state index in [0.717, 1.165) is 11.8 Å². The molecule has 1 N–H and O–H groups in total. The maximum Gasteiger partial charge on any atom is 0.433 e. The predicted octanol–water partition coefficient (Wildman–Crippen LogP) is 3.47. The van der Waals surface area contributed by atoms with E-state index < -0.39 is 11.9 Å². The van der Waals surface area contributed by atoms with E-state index in [0.29, 0.717) is 5.39 Å². The van der Waals surface area contributed by atoms with Gasteiger partial charge in [-0.1, -0.05) is 0 Å². The zero-order valence-corrected chi connectivity index (χ0v) is 9.92. The van der Waals surface area contributed by atoms with Gasteiger partial charge in [0.2, 0.25) is 0 Å². The first-order valence-electron chi connectivity index (χ1n) is 5.47. The van der Waals surface area contributed by atoms with Gasteiger partial charge in [-0.25, -0.2) is 9.97 Å². The summed E-state index contributed by atoms with van der Waals surface area (Å²) in [6.45, 7) is 3.90. The van der Waals surface area contributed by atoms with Gasteiger partial charge in [-0.05, 0) is 32.0 Å². The molecule has 0 aliphatic rings. The molecule has 0 spiro atoms. The standard InChI is InChI=1S/C12H12F3N3/c1-7(2)17-9-5-6-16-11-8(9)3-4-10(18-11)12(13,14)15/h3-7H,1-2H3,(H,16,17,18). The number of hydrogen-bond donors (Lipinski definition) is 1. The zero-order chi connectivity index (χ0) is 13.3. The van der Waals surface area contributed by atoms with Crippen LogP contribution in [-0.4, -0.2) is 16.0 Å². The topological polar surface area (TPSA) is 37.8 Å². The number of alkyl halides is 3. The highest BCUT2D eigenvalue weighted by atomic mass is 19.4. The summed E-state index contributed by atoms with van der Waals surface area (Å²) in [4.78, 5) is 7.41. The van der Waals surface area contributed by atoms with Crippen molar-refractivity contribution in [2.45, 2.75) is 26.1 Å². The largest absolute Gasteiger partial charge is 0.433 e. The number of rotatable bonds is 2. The van der Waals surface area contributed by atoms with E-state index in [1.54, 1.807) is 6.07 Å². The smallest absolute Gasteiger partial charge is 0.382 e. The number of nitrogens with one attached hydrogen (secondary N) is 1. The fourth-order valence-electron chi connectivity index (χ4n) is 1.62. The second kappa shape index (κ2) is 4.44. The summed E-state index contributed by atoms with van der Waals surface area (Å²) in [5.74, 6) is 0. The van der Waals surface area contributed by atoms with Crippen LogP contribution in [0.3, 0.4) is 0 Å². The minimum absolute atomic E-state index is 0.0930. The Balaban J connectivity index is 2.53. The Kier molecular flexibility index (Phi) is 3.11. The fraction of sp³-hybridized carbons (Fsp3) is 0.333. The van der Waals surface area contributed by atoms with Crippen molar-refractivity contribution in [1.29, 1.82) is 0 Å². The van der Waals surface area contributed by atoms with Crippen LogP contribution >= 0.6 is 0 Å². The summed E-state index contributed by atoms with van der Waals surface area (Å²) < 4.78 is 37.6. The van der Waals surface area contributed by atoms with Gasteiger partial charge in [0.1, 0.15) is 5.69 Å². The van der Waals surface area contributed by atoms with E-state index in [4.69, 9.17) is 0 Å². The molecule has 2 heterocycles. The van der Waals surface area contributed by atoms with Crippen LogP contribution in [0.2, 0.25) is 0 Å². The highest BCUT2D eigenvalue weighted by Gasteiger charge is 2.32. The normalized spacial score (nSPS) is 12.1. The quantitative estimate of drug-likeness (QED) is 0.892. The van der Waals surface area contributed by atoms with Crippen LogP contribution in [0.5, 0.6) is 0 Å². The minimum Gasteiger partial charge on any atom is -0.382 e. The lowest BCUT2D eigenvalue weighted by molar-refractivity contribution is -0.141. The molecule has 0 aromatic carbocycles. The van der Waals surface area contributed by atoms with Gasteiger partial charge in [0.05, 0.1) is 0 Å². The van der Waals surface area contributed by atoms with Gasteiger partial charge >= 0.3 is 6.18 Å². The summed E-state index contributed by atoms with van der Waals surface area (Å²) in [6, 6.07) is 4.26. The van der Waals surface area contributed by atoms with Gasteiger partial charge in [-0.15, -0.1) is 0 Å². The number of fused-ring (bicyclic) bond motifs is 1. The molecule has 0 bridgehead atoms. The van der Waals surface area contributed by atoms with E-state index >= 15 is 0 Å². The Morgan fingerprint density at radius 1 is 1.17 bits per heavy atom. The van der Waals surface area contributed by atoms with Gasteiger partial charge in [0.15, 0.2) is 5.65 Å². The molecule has 3 nitrogen and oxygen atoms in total. The number of halogens is 3. The number of aromatic nitrogens is 2. The van der Waals surface area contributed by atoms with Crippen LogP contribution in [0.15, 0.2) is 24.4 Å². The van der Waals surface area contributed by atoms with Crippen molar-refractivity contribution in [3.05, 3.63) is 30.1 Å². The molecule has 96 valence electrons. The molecule has 2 aromatic rings. The molecular formula is C12H12F3N3. The number of hydrogen-bond acceptors (Lipinski definition) is 3. The molecule has 6 heteroatoms. The van der Waals surface area contributed by atoms with E-state index in [-0.39, 0.29) is 11.7 Å². The molecule has 0 saturated heterocycles. The Morgan fingerprint density at radius 3 is 2.50 bits per heavy atom. The Bertz CT molecular complexity index is 564. The first-order valence-corrected chi connectivity index (χ1v) is 5.47. The van der Waals surface area contributed by atoms with Crippen molar-refractivity contribution >= 4 is 16.7 Å². The van der Waals surface area contributed by atoms with Crippen LogP contribution in [-0.2, 0) is 6.18 Å². The molecule has 18 heavy (non-hydrogen) atoms. The fourth-order valence-corrected chi connectivity index (χ4v) is 1.62. The average Bonchev–Trinajstić information content (AvgIpc) is 2.27. The van der Waals surface area contributed by atoms with E-state index in [9.17, 15) is 13.2 Å². The van der Waals surface area contributed by atoms with Crippen molar-refractivity contribution in [2.24, 2.45) is 0 Å². The lowest BCUT2D eigenvalue weighted by Gasteiger charge is -2.13.